The average molecular weight is 320 g/mol. The van der Waals surface area contributed by atoms with E-state index in [4.69, 9.17) is 11.6 Å². The zero-order chi connectivity index (χ0) is 15.3. The summed E-state index contributed by atoms with van der Waals surface area (Å²) in [5.74, 6) is 0.342. The number of hydrogen-bond acceptors (Lipinski definition) is 4. The van der Waals surface area contributed by atoms with Crippen LogP contribution < -0.4 is 10.6 Å². The summed E-state index contributed by atoms with van der Waals surface area (Å²) < 4.78 is 11.0. The molecule has 1 aromatic rings. The standard InChI is InChI=1S/C11H14ClN3O4S/c1-7(6-20(2)19)13-11(16)14-8-3-4-10(15(17)18)9(12)5-8/h3-5,7H,6H2,1-2H3,(H2,13,14,16)/t7-,20-/m0/s1. The van der Waals surface area contributed by atoms with Gasteiger partial charge in [-0.05, 0) is 19.1 Å². The monoisotopic (exact) mass is 319 g/mol. The molecule has 2 N–H and O–H groups in total. The number of benzene rings is 1. The van der Waals surface area contributed by atoms with Crippen LogP contribution >= 0.6 is 11.6 Å². The molecule has 9 heteroatoms. The summed E-state index contributed by atoms with van der Waals surface area (Å²) in [6, 6.07) is 3.14. The summed E-state index contributed by atoms with van der Waals surface area (Å²) in [4.78, 5) is 21.6. The maximum Gasteiger partial charge on any atom is 0.319 e. The van der Waals surface area contributed by atoms with Gasteiger partial charge in [0.1, 0.15) is 5.02 Å². The van der Waals surface area contributed by atoms with E-state index in [0.29, 0.717) is 11.4 Å². The molecule has 20 heavy (non-hydrogen) atoms. The highest BCUT2D eigenvalue weighted by molar-refractivity contribution is 7.84. The molecule has 1 aromatic carbocycles. The van der Waals surface area contributed by atoms with Crippen LogP contribution in [0, 0.1) is 10.1 Å². The fourth-order valence-corrected chi connectivity index (χ4v) is 2.55. The molecule has 0 bridgehead atoms. The molecule has 0 radical (unpaired) electrons. The van der Waals surface area contributed by atoms with Gasteiger partial charge in [-0.25, -0.2) is 4.79 Å². The summed E-state index contributed by atoms with van der Waals surface area (Å²) in [5, 5.41) is 15.6. The van der Waals surface area contributed by atoms with Crippen molar-refractivity contribution in [3.63, 3.8) is 0 Å². The normalized spacial score (nSPS) is 13.3. The quantitative estimate of drug-likeness (QED) is 0.641. The minimum Gasteiger partial charge on any atom is -0.334 e. The zero-order valence-electron chi connectivity index (χ0n) is 10.9. The van der Waals surface area contributed by atoms with Gasteiger partial charge < -0.3 is 10.6 Å². The van der Waals surface area contributed by atoms with Crippen LogP contribution in [-0.4, -0.2) is 33.2 Å². The lowest BCUT2D eigenvalue weighted by Crippen LogP contribution is -2.39. The highest BCUT2D eigenvalue weighted by Crippen LogP contribution is 2.27. The van der Waals surface area contributed by atoms with E-state index in [2.05, 4.69) is 10.6 Å². The van der Waals surface area contributed by atoms with Crippen LogP contribution in [0.2, 0.25) is 5.02 Å². The van der Waals surface area contributed by atoms with E-state index < -0.39 is 21.8 Å². The Labute approximate surface area is 123 Å². The van der Waals surface area contributed by atoms with Crippen LogP contribution in [0.3, 0.4) is 0 Å². The Kier molecular flexibility index (Phi) is 5.90. The molecule has 1 rings (SSSR count). The van der Waals surface area contributed by atoms with Gasteiger partial charge in [0.15, 0.2) is 0 Å². The second-order valence-electron chi connectivity index (χ2n) is 4.16. The van der Waals surface area contributed by atoms with Crippen molar-refractivity contribution in [2.24, 2.45) is 0 Å². The molecule has 110 valence electrons. The number of nitrogens with one attached hydrogen (secondary N) is 2. The van der Waals surface area contributed by atoms with Gasteiger partial charge in [0.05, 0.1) is 4.92 Å². The van der Waals surface area contributed by atoms with Gasteiger partial charge in [-0.3, -0.25) is 14.3 Å². The Hall–Kier alpha value is -1.67. The van der Waals surface area contributed by atoms with Crippen LogP contribution in [0.5, 0.6) is 0 Å². The molecule has 0 unspecified atom stereocenters. The Balaban J connectivity index is 2.65. The molecular formula is C11H14ClN3O4S. The molecule has 0 spiro atoms. The molecule has 0 saturated carbocycles. The van der Waals surface area contributed by atoms with E-state index >= 15 is 0 Å². The molecule has 0 fully saturated rings. The third-order valence-electron chi connectivity index (χ3n) is 2.26. The van der Waals surface area contributed by atoms with E-state index in [9.17, 15) is 19.1 Å². The molecule has 0 aliphatic carbocycles. The number of nitro benzene ring substituents is 1. The van der Waals surface area contributed by atoms with Crippen molar-refractivity contribution in [2.75, 3.05) is 17.3 Å². The number of carbonyl (C=O) groups is 1. The molecular weight excluding hydrogens is 306 g/mol. The first-order valence-electron chi connectivity index (χ1n) is 5.61. The molecule has 2 amide bonds. The van der Waals surface area contributed by atoms with Crippen molar-refractivity contribution in [3.8, 4) is 0 Å². The van der Waals surface area contributed by atoms with Crippen LogP contribution in [0.25, 0.3) is 0 Å². The number of carbonyl (C=O) groups excluding carboxylic acids is 1. The summed E-state index contributed by atoms with van der Waals surface area (Å²) in [5.41, 5.74) is 0.107. The highest BCUT2D eigenvalue weighted by Gasteiger charge is 2.14. The summed E-state index contributed by atoms with van der Waals surface area (Å²) in [6.07, 6.45) is 1.55. The Morgan fingerprint density at radius 2 is 2.20 bits per heavy atom. The zero-order valence-corrected chi connectivity index (χ0v) is 12.5. The second kappa shape index (κ2) is 7.20. The first-order chi connectivity index (χ1) is 9.29. The van der Waals surface area contributed by atoms with Crippen molar-refractivity contribution in [1.82, 2.24) is 5.32 Å². The van der Waals surface area contributed by atoms with Gasteiger partial charge in [-0.1, -0.05) is 11.6 Å². The van der Waals surface area contributed by atoms with Crippen LogP contribution in [0.1, 0.15) is 6.92 Å². The Bertz CT molecular complexity index is 552. The van der Waals surface area contributed by atoms with E-state index in [0.717, 1.165) is 0 Å². The summed E-state index contributed by atoms with van der Waals surface area (Å²) >= 11 is 5.73. The molecule has 0 aromatic heterocycles. The van der Waals surface area contributed by atoms with Gasteiger partial charge in [0, 0.05) is 40.6 Å². The highest BCUT2D eigenvalue weighted by atomic mass is 35.5. The molecule has 0 heterocycles. The van der Waals surface area contributed by atoms with Crippen molar-refractivity contribution < 1.29 is 13.9 Å². The molecule has 0 aliphatic heterocycles. The van der Waals surface area contributed by atoms with E-state index in [1.165, 1.54) is 18.2 Å². The van der Waals surface area contributed by atoms with Gasteiger partial charge >= 0.3 is 6.03 Å². The maximum absolute atomic E-state index is 11.6. The number of halogens is 1. The van der Waals surface area contributed by atoms with Gasteiger partial charge in [0.25, 0.3) is 5.69 Å². The lowest BCUT2D eigenvalue weighted by molar-refractivity contribution is -0.384. The SMILES string of the molecule is C[C@@H](C[S@](C)=O)NC(=O)Nc1ccc([N+](=O)[O-])c(Cl)c1. The molecule has 0 saturated heterocycles. The van der Waals surface area contributed by atoms with Crippen molar-refractivity contribution in [1.29, 1.82) is 0 Å². The van der Waals surface area contributed by atoms with Gasteiger partial charge in [-0.15, -0.1) is 0 Å². The fraction of sp³-hybridized carbons (Fsp3) is 0.364. The topological polar surface area (TPSA) is 101 Å². The number of nitro groups is 1. The predicted octanol–water partition coefficient (Wildman–Crippen LogP) is 2.14. The summed E-state index contributed by atoms with van der Waals surface area (Å²) in [7, 11) is -1.01. The largest absolute Gasteiger partial charge is 0.334 e. The fourth-order valence-electron chi connectivity index (χ4n) is 1.52. The lowest BCUT2D eigenvalue weighted by atomic mass is 10.3. The van der Waals surface area contributed by atoms with Crippen molar-refractivity contribution >= 4 is 39.8 Å². The second-order valence-corrected chi connectivity index (χ2v) is 6.05. The third-order valence-corrected chi connectivity index (χ3v) is 3.54. The number of nitrogens with zero attached hydrogens (tertiary/aromatic N) is 1. The number of anilines is 1. The van der Waals surface area contributed by atoms with E-state index in [1.807, 2.05) is 0 Å². The number of amides is 2. The van der Waals surface area contributed by atoms with Crippen LogP contribution in [0.15, 0.2) is 18.2 Å². The number of rotatable bonds is 5. The Morgan fingerprint density at radius 3 is 2.70 bits per heavy atom. The first-order valence-corrected chi connectivity index (χ1v) is 7.71. The average Bonchev–Trinajstić information content (AvgIpc) is 2.26. The lowest BCUT2D eigenvalue weighted by Gasteiger charge is -2.13. The molecule has 2 atom stereocenters. The van der Waals surface area contributed by atoms with Crippen LogP contribution in [-0.2, 0) is 10.8 Å². The predicted molar refractivity (Wildman–Crippen MR) is 78.7 cm³/mol. The van der Waals surface area contributed by atoms with Crippen molar-refractivity contribution in [2.45, 2.75) is 13.0 Å². The molecule has 7 nitrogen and oxygen atoms in total. The maximum atomic E-state index is 11.6. The minimum atomic E-state index is -1.01. The third kappa shape index (κ3) is 5.14. The van der Waals surface area contributed by atoms with Crippen LogP contribution in [0.4, 0.5) is 16.2 Å². The number of hydrogen-bond donors (Lipinski definition) is 2. The Morgan fingerprint density at radius 1 is 1.55 bits per heavy atom. The van der Waals surface area contributed by atoms with E-state index in [1.54, 1.807) is 13.2 Å². The number of urea groups is 1. The molecule has 0 aliphatic rings. The minimum absolute atomic E-state index is 0.0597. The van der Waals surface area contributed by atoms with Crippen molar-refractivity contribution in [3.05, 3.63) is 33.3 Å². The van der Waals surface area contributed by atoms with Gasteiger partial charge in [-0.2, -0.15) is 0 Å². The van der Waals surface area contributed by atoms with Gasteiger partial charge in [0.2, 0.25) is 0 Å². The summed E-state index contributed by atoms with van der Waals surface area (Å²) in [6.45, 7) is 1.73. The first kappa shape index (κ1) is 16.4. The van der Waals surface area contributed by atoms with E-state index in [-0.39, 0.29) is 16.8 Å². The smallest absolute Gasteiger partial charge is 0.319 e.